The molecule has 2 aliphatic rings. The number of halogens is 3. The van der Waals surface area contributed by atoms with E-state index in [9.17, 15) is 26.4 Å². The van der Waals surface area contributed by atoms with E-state index >= 15 is 0 Å². The predicted molar refractivity (Wildman–Crippen MR) is 151 cm³/mol. The molecule has 5 rings (SSSR count). The average molecular weight is 625 g/mol. The van der Waals surface area contributed by atoms with Crippen LogP contribution in [0.15, 0.2) is 35.5 Å². The van der Waals surface area contributed by atoms with Gasteiger partial charge in [0.1, 0.15) is 17.3 Å². The number of carbonyl (C=O) groups excluding carboxylic acids is 1. The molecule has 234 valence electrons. The molecule has 1 unspecified atom stereocenters. The van der Waals surface area contributed by atoms with Crippen LogP contribution in [0, 0.1) is 12.3 Å². The molecule has 1 saturated heterocycles. The van der Waals surface area contributed by atoms with Crippen LogP contribution in [0.4, 0.5) is 19.0 Å². The monoisotopic (exact) mass is 624 g/mol. The first-order chi connectivity index (χ1) is 20.0. The highest BCUT2D eigenvalue weighted by atomic mass is 32.2. The normalized spacial score (nSPS) is 20.6. The highest BCUT2D eigenvalue weighted by molar-refractivity contribution is 7.90. The first-order valence-corrected chi connectivity index (χ1v) is 15.3. The molecule has 0 spiro atoms. The van der Waals surface area contributed by atoms with Crippen molar-refractivity contribution in [3.63, 3.8) is 0 Å². The van der Waals surface area contributed by atoms with E-state index in [1.807, 2.05) is 18.7 Å². The molecule has 3 aromatic rings. The number of carbonyl (C=O) groups is 1. The molecule has 2 N–H and O–H groups in total. The summed E-state index contributed by atoms with van der Waals surface area (Å²) in [4.78, 5) is 20.2. The third-order valence-electron chi connectivity index (χ3n) is 7.80. The van der Waals surface area contributed by atoms with Crippen LogP contribution in [0.5, 0.6) is 5.88 Å². The smallest absolute Gasteiger partial charge is 0.397 e. The van der Waals surface area contributed by atoms with Crippen molar-refractivity contribution in [2.45, 2.75) is 76.7 Å². The number of sulfonamides is 1. The fourth-order valence-corrected chi connectivity index (χ4v) is 6.36. The third-order valence-corrected chi connectivity index (χ3v) is 9.24. The molecular weight excluding hydrogens is 589 g/mol. The van der Waals surface area contributed by atoms with Gasteiger partial charge in [-0.2, -0.15) is 18.3 Å². The molecule has 12 nitrogen and oxygen atoms in total. The van der Waals surface area contributed by atoms with Crippen molar-refractivity contribution >= 4 is 21.7 Å². The number of anilines is 1. The Hall–Kier alpha value is -3.66. The molecule has 0 radical (unpaired) electrons. The van der Waals surface area contributed by atoms with Gasteiger partial charge in [0, 0.05) is 43.1 Å². The van der Waals surface area contributed by atoms with Crippen LogP contribution in [-0.2, 0) is 16.6 Å². The van der Waals surface area contributed by atoms with Crippen LogP contribution in [-0.4, -0.2) is 76.3 Å². The zero-order valence-electron chi connectivity index (χ0n) is 24.6. The van der Waals surface area contributed by atoms with Crippen molar-refractivity contribution in [1.82, 2.24) is 34.6 Å². The van der Waals surface area contributed by atoms with E-state index < -0.39 is 39.7 Å². The Morgan fingerprint density at radius 1 is 1.16 bits per heavy atom. The summed E-state index contributed by atoms with van der Waals surface area (Å²) in [5.41, 5.74) is -2.23. The predicted octanol–water partition coefficient (Wildman–Crippen LogP) is 3.21. The minimum Gasteiger partial charge on any atom is -0.476 e. The Morgan fingerprint density at radius 3 is 2.63 bits per heavy atom. The van der Waals surface area contributed by atoms with E-state index in [2.05, 4.69) is 20.2 Å². The SMILES string of the molecule is Cc1nn2cc1S(=O)(=O)NC(=O)c1ccc(-n3ccc(OCC(C)(C)C(F)(F)F)n3)nc1N1CC(CC1(C)C)NCCC2. The van der Waals surface area contributed by atoms with Crippen LogP contribution < -0.4 is 19.7 Å². The fourth-order valence-electron chi connectivity index (χ4n) is 5.21. The van der Waals surface area contributed by atoms with Gasteiger partial charge in [-0.25, -0.2) is 22.8 Å². The van der Waals surface area contributed by atoms with Gasteiger partial charge in [-0.3, -0.25) is 9.48 Å². The van der Waals surface area contributed by atoms with Gasteiger partial charge in [0.05, 0.1) is 16.7 Å². The molecule has 0 aromatic carbocycles. The number of fused-ring (bicyclic) bond motifs is 6. The Balaban J connectivity index is 1.51. The maximum Gasteiger partial charge on any atom is 0.397 e. The second kappa shape index (κ2) is 10.8. The van der Waals surface area contributed by atoms with Gasteiger partial charge in [0.2, 0.25) is 5.88 Å². The van der Waals surface area contributed by atoms with Crippen molar-refractivity contribution in [2.75, 3.05) is 24.6 Å². The number of amides is 1. The number of alkyl halides is 3. The lowest BCUT2D eigenvalue weighted by atomic mass is 9.94. The number of hydrogen-bond acceptors (Lipinski definition) is 9. The molecule has 2 aliphatic heterocycles. The van der Waals surface area contributed by atoms with E-state index in [0.29, 0.717) is 26.1 Å². The largest absolute Gasteiger partial charge is 0.476 e. The van der Waals surface area contributed by atoms with E-state index in [4.69, 9.17) is 9.72 Å². The molecule has 1 amide bonds. The van der Waals surface area contributed by atoms with Crippen LogP contribution in [0.25, 0.3) is 5.82 Å². The van der Waals surface area contributed by atoms with Crippen molar-refractivity contribution in [3.8, 4) is 11.7 Å². The van der Waals surface area contributed by atoms with Gasteiger partial charge in [-0.1, -0.05) is 0 Å². The molecule has 3 aromatic heterocycles. The highest BCUT2D eigenvalue weighted by Crippen LogP contribution is 2.38. The summed E-state index contributed by atoms with van der Waals surface area (Å²) in [7, 11) is -4.25. The maximum absolute atomic E-state index is 13.6. The van der Waals surface area contributed by atoms with Crippen molar-refractivity contribution < 1.29 is 31.1 Å². The molecule has 1 atom stereocenters. The van der Waals surface area contributed by atoms with Gasteiger partial charge in [-0.05, 0) is 66.1 Å². The lowest BCUT2D eigenvalue weighted by Crippen LogP contribution is -2.41. The van der Waals surface area contributed by atoms with Crippen LogP contribution in [0.2, 0.25) is 0 Å². The van der Waals surface area contributed by atoms with Crippen molar-refractivity contribution in [1.29, 1.82) is 0 Å². The summed E-state index contributed by atoms with van der Waals surface area (Å²) < 4.78 is 76.7. The number of hydrogen-bond donors (Lipinski definition) is 2. The summed E-state index contributed by atoms with van der Waals surface area (Å²) in [5.74, 6) is -0.373. The second-order valence-corrected chi connectivity index (χ2v) is 13.9. The minimum atomic E-state index is -4.46. The van der Waals surface area contributed by atoms with Crippen LogP contribution in [0.3, 0.4) is 0 Å². The Bertz CT molecular complexity index is 1630. The number of nitrogens with one attached hydrogen (secondary N) is 2. The maximum atomic E-state index is 13.6. The van der Waals surface area contributed by atoms with Crippen molar-refractivity contribution in [3.05, 3.63) is 41.9 Å². The number of nitrogens with zero attached hydrogens (tertiary/aromatic N) is 6. The first kappa shape index (κ1) is 30.8. The third kappa shape index (κ3) is 6.20. The molecule has 1 fully saturated rings. The zero-order valence-corrected chi connectivity index (χ0v) is 25.4. The quantitative estimate of drug-likeness (QED) is 0.449. The van der Waals surface area contributed by atoms with Gasteiger partial charge >= 0.3 is 6.18 Å². The van der Waals surface area contributed by atoms with E-state index in [1.165, 1.54) is 35.3 Å². The molecular formula is C27H35F3N8O4S. The molecule has 5 heterocycles. The van der Waals surface area contributed by atoms with E-state index in [0.717, 1.165) is 20.3 Å². The number of rotatable bonds is 4. The van der Waals surface area contributed by atoms with Crippen molar-refractivity contribution in [2.24, 2.45) is 5.41 Å². The minimum absolute atomic E-state index is 0.0270. The topological polar surface area (TPSA) is 136 Å². The summed E-state index contributed by atoms with van der Waals surface area (Å²) >= 11 is 0. The average Bonchev–Trinajstić information content (AvgIpc) is 3.60. The molecule has 0 aliphatic carbocycles. The van der Waals surface area contributed by atoms with E-state index in [-0.39, 0.29) is 39.7 Å². The Labute approximate surface area is 247 Å². The Kier molecular flexibility index (Phi) is 7.74. The summed E-state index contributed by atoms with van der Waals surface area (Å²) in [5, 5.41) is 12.1. The summed E-state index contributed by atoms with van der Waals surface area (Å²) in [6.45, 7) is 8.73. The zero-order chi connectivity index (χ0) is 31.4. The van der Waals surface area contributed by atoms with Crippen LogP contribution in [0.1, 0.15) is 56.6 Å². The fraction of sp³-hybridized carbons (Fsp3) is 0.556. The van der Waals surface area contributed by atoms with Gasteiger partial charge in [0.25, 0.3) is 15.9 Å². The number of pyridine rings is 1. The van der Waals surface area contributed by atoms with Crippen LogP contribution >= 0.6 is 0 Å². The lowest BCUT2D eigenvalue weighted by molar-refractivity contribution is -0.219. The second-order valence-electron chi connectivity index (χ2n) is 12.2. The lowest BCUT2D eigenvalue weighted by Gasteiger charge is -2.33. The molecule has 43 heavy (non-hydrogen) atoms. The number of aryl methyl sites for hydroxylation is 2. The molecule has 16 heteroatoms. The Morgan fingerprint density at radius 2 is 1.91 bits per heavy atom. The van der Waals surface area contributed by atoms with Gasteiger partial charge in [-0.15, -0.1) is 5.10 Å². The standard InChI is InChI=1S/C27H35F3N8O4S/c1-17-20-15-36(33-17)11-6-10-31-18-13-26(4,5)37(14-18)23-19(24(39)35-43(20,40)41)7-8-21(32-23)38-12-9-22(34-38)42-16-25(2,3)27(28,29)30/h7-9,12,15,18,31H,6,10-11,13-14,16H2,1-5H3,(H,35,39). The number of ether oxygens (including phenoxy) is 1. The summed E-state index contributed by atoms with van der Waals surface area (Å²) in [6.07, 6.45) is -0.104. The number of aromatic nitrogens is 5. The van der Waals surface area contributed by atoms with Gasteiger partial charge in [0.15, 0.2) is 5.82 Å². The van der Waals surface area contributed by atoms with E-state index in [1.54, 1.807) is 11.6 Å². The highest BCUT2D eigenvalue weighted by Gasteiger charge is 2.48. The molecule has 0 saturated carbocycles. The van der Waals surface area contributed by atoms with Gasteiger partial charge < -0.3 is 15.0 Å². The summed E-state index contributed by atoms with van der Waals surface area (Å²) in [6, 6.07) is 4.44. The molecule has 4 bridgehead atoms. The first-order valence-electron chi connectivity index (χ1n) is 13.9.